The van der Waals surface area contributed by atoms with Gasteiger partial charge in [0.05, 0.1) is 0 Å². The molecule has 1 amide bonds. The molecule has 0 aliphatic carbocycles. The van der Waals surface area contributed by atoms with E-state index in [0.29, 0.717) is 23.1 Å². The van der Waals surface area contributed by atoms with Crippen LogP contribution in [0.2, 0.25) is 5.02 Å². The predicted octanol–water partition coefficient (Wildman–Crippen LogP) is 3.14. The van der Waals surface area contributed by atoms with E-state index in [4.69, 9.17) is 16.3 Å². The molecule has 0 unspecified atom stereocenters. The molecule has 0 radical (unpaired) electrons. The van der Waals surface area contributed by atoms with Gasteiger partial charge in [-0.05, 0) is 49.2 Å². The third-order valence-electron chi connectivity index (χ3n) is 3.17. The fourth-order valence-corrected chi connectivity index (χ4v) is 2.16. The quantitative estimate of drug-likeness (QED) is 0.761. The Balaban J connectivity index is 1.94. The van der Waals surface area contributed by atoms with Crippen LogP contribution in [-0.4, -0.2) is 36.4 Å². The Morgan fingerprint density at radius 2 is 2.09 bits per heavy atom. The molecule has 0 saturated carbocycles. The van der Waals surface area contributed by atoms with Gasteiger partial charge in [0.15, 0.2) is 5.69 Å². The third kappa shape index (κ3) is 5.19. The average Bonchev–Trinajstić information content (AvgIpc) is 2.55. The van der Waals surface area contributed by atoms with Crippen LogP contribution in [0.3, 0.4) is 0 Å². The Morgan fingerprint density at radius 3 is 2.74 bits per heavy atom. The molecule has 0 spiro atoms. The number of hydrogen-bond donors (Lipinski definition) is 2. The van der Waals surface area contributed by atoms with Gasteiger partial charge in [0.1, 0.15) is 5.82 Å². The first-order valence-electron chi connectivity index (χ1n) is 7.24. The molecule has 0 fully saturated rings. The highest BCUT2D eigenvalue weighted by atomic mass is 35.5. The molecule has 2 N–H and O–H groups in total. The molecule has 1 aromatic carbocycles. The first kappa shape index (κ1) is 17.2. The lowest BCUT2D eigenvalue weighted by molar-refractivity contribution is 0.102. The number of aromatic nitrogens is 2. The van der Waals surface area contributed by atoms with Gasteiger partial charge in [-0.1, -0.05) is 11.6 Å². The van der Waals surface area contributed by atoms with E-state index in [1.807, 2.05) is 6.92 Å². The van der Waals surface area contributed by atoms with Gasteiger partial charge in [-0.15, -0.1) is 10.2 Å². The number of nitrogens with one attached hydrogen (secondary N) is 2. The largest absolute Gasteiger partial charge is 0.385 e. The van der Waals surface area contributed by atoms with Crippen molar-refractivity contribution in [2.75, 3.05) is 30.9 Å². The lowest BCUT2D eigenvalue weighted by Crippen LogP contribution is -2.15. The van der Waals surface area contributed by atoms with Gasteiger partial charge in [-0.2, -0.15) is 0 Å². The number of methoxy groups -OCH3 is 1. The van der Waals surface area contributed by atoms with Crippen molar-refractivity contribution in [1.82, 2.24) is 10.2 Å². The van der Waals surface area contributed by atoms with E-state index in [9.17, 15) is 4.79 Å². The minimum Gasteiger partial charge on any atom is -0.385 e. The van der Waals surface area contributed by atoms with E-state index in [1.165, 1.54) is 0 Å². The van der Waals surface area contributed by atoms with Gasteiger partial charge in [-0.25, -0.2) is 0 Å². The molecule has 0 aliphatic heterocycles. The molecule has 7 heteroatoms. The lowest BCUT2D eigenvalue weighted by Gasteiger charge is -2.08. The summed E-state index contributed by atoms with van der Waals surface area (Å²) in [5.41, 5.74) is 1.83. The summed E-state index contributed by atoms with van der Waals surface area (Å²) in [6, 6.07) is 8.63. The van der Waals surface area contributed by atoms with Crippen molar-refractivity contribution in [3.05, 3.63) is 46.6 Å². The van der Waals surface area contributed by atoms with E-state index >= 15 is 0 Å². The molecule has 6 nitrogen and oxygen atoms in total. The predicted molar refractivity (Wildman–Crippen MR) is 91.2 cm³/mol. The van der Waals surface area contributed by atoms with Gasteiger partial charge in [0, 0.05) is 31.0 Å². The molecule has 0 bridgehead atoms. The van der Waals surface area contributed by atoms with Crippen LogP contribution in [0.25, 0.3) is 0 Å². The number of halogens is 1. The molecule has 122 valence electrons. The summed E-state index contributed by atoms with van der Waals surface area (Å²) >= 11 is 5.90. The topological polar surface area (TPSA) is 76.1 Å². The molecule has 23 heavy (non-hydrogen) atoms. The zero-order valence-corrected chi connectivity index (χ0v) is 13.9. The minimum absolute atomic E-state index is 0.252. The van der Waals surface area contributed by atoms with Crippen LogP contribution < -0.4 is 10.6 Å². The molecular formula is C16H19ClN4O2. The normalized spacial score (nSPS) is 10.4. The van der Waals surface area contributed by atoms with E-state index in [2.05, 4.69) is 20.8 Å². The van der Waals surface area contributed by atoms with Crippen LogP contribution in [-0.2, 0) is 4.74 Å². The standard InChI is InChI=1S/C16H19ClN4O2/c1-11-10-12(17)4-5-13(11)19-16(22)14-6-7-15(21-20-14)18-8-3-9-23-2/h4-7,10H,3,8-9H2,1-2H3,(H,18,21)(H,19,22). The van der Waals surface area contributed by atoms with Gasteiger partial charge in [0.2, 0.25) is 0 Å². The van der Waals surface area contributed by atoms with Crippen molar-refractivity contribution >= 4 is 29.0 Å². The Hall–Kier alpha value is -2.18. The maximum absolute atomic E-state index is 12.2. The summed E-state index contributed by atoms with van der Waals surface area (Å²) in [6.07, 6.45) is 0.871. The summed E-state index contributed by atoms with van der Waals surface area (Å²) in [5.74, 6) is 0.314. The number of nitrogens with zero attached hydrogens (tertiary/aromatic N) is 2. The number of carbonyl (C=O) groups is 1. The van der Waals surface area contributed by atoms with E-state index in [1.54, 1.807) is 37.4 Å². The highest BCUT2D eigenvalue weighted by molar-refractivity contribution is 6.30. The summed E-state index contributed by atoms with van der Waals surface area (Å²) in [7, 11) is 1.66. The van der Waals surface area contributed by atoms with E-state index in [-0.39, 0.29) is 11.6 Å². The summed E-state index contributed by atoms with van der Waals surface area (Å²) in [6.45, 7) is 3.29. The molecule has 0 saturated heterocycles. The molecule has 0 atom stereocenters. The molecule has 1 heterocycles. The smallest absolute Gasteiger partial charge is 0.276 e. The number of carbonyl (C=O) groups excluding carboxylic acids is 1. The Kier molecular flexibility index (Phi) is 6.31. The van der Waals surface area contributed by atoms with Crippen LogP contribution in [0.1, 0.15) is 22.5 Å². The molecular weight excluding hydrogens is 316 g/mol. The number of benzene rings is 1. The second-order valence-corrected chi connectivity index (χ2v) is 5.43. The maximum Gasteiger partial charge on any atom is 0.276 e. The van der Waals surface area contributed by atoms with Gasteiger partial charge in [0.25, 0.3) is 5.91 Å². The highest BCUT2D eigenvalue weighted by Gasteiger charge is 2.10. The number of anilines is 2. The molecule has 2 aromatic rings. The highest BCUT2D eigenvalue weighted by Crippen LogP contribution is 2.20. The van der Waals surface area contributed by atoms with E-state index in [0.717, 1.165) is 18.5 Å². The molecule has 1 aromatic heterocycles. The number of hydrogen-bond acceptors (Lipinski definition) is 5. The van der Waals surface area contributed by atoms with E-state index < -0.39 is 0 Å². The van der Waals surface area contributed by atoms with Crippen molar-refractivity contribution in [3.8, 4) is 0 Å². The fraction of sp³-hybridized carbons (Fsp3) is 0.312. The number of amides is 1. The van der Waals surface area contributed by atoms with Crippen LogP contribution in [0, 0.1) is 6.92 Å². The van der Waals surface area contributed by atoms with Crippen LogP contribution >= 0.6 is 11.6 Å². The zero-order chi connectivity index (χ0) is 16.7. The van der Waals surface area contributed by atoms with Crippen molar-refractivity contribution in [1.29, 1.82) is 0 Å². The maximum atomic E-state index is 12.2. The van der Waals surface area contributed by atoms with Crippen LogP contribution in [0.5, 0.6) is 0 Å². The average molecular weight is 335 g/mol. The second-order valence-electron chi connectivity index (χ2n) is 4.99. The van der Waals surface area contributed by atoms with Crippen LogP contribution in [0.4, 0.5) is 11.5 Å². The summed E-state index contributed by atoms with van der Waals surface area (Å²) in [4.78, 5) is 12.2. The zero-order valence-electron chi connectivity index (χ0n) is 13.1. The molecule has 2 rings (SSSR count). The first-order chi connectivity index (χ1) is 11.1. The Labute approximate surface area is 140 Å². The Bertz CT molecular complexity index is 662. The third-order valence-corrected chi connectivity index (χ3v) is 3.40. The minimum atomic E-state index is -0.311. The van der Waals surface area contributed by atoms with Crippen molar-refractivity contribution < 1.29 is 9.53 Å². The summed E-state index contributed by atoms with van der Waals surface area (Å²) in [5, 5.41) is 14.5. The number of rotatable bonds is 7. The van der Waals surface area contributed by atoms with Crippen molar-refractivity contribution in [2.24, 2.45) is 0 Å². The number of ether oxygens (including phenoxy) is 1. The van der Waals surface area contributed by atoms with Crippen molar-refractivity contribution in [2.45, 2.75) is 13.3 Å². The number of aryl methyl sites for hydroxylation is 1. The van der Waals surface area contributed by atoms with Gasteiger partial charge < -0.3 is 15.4 Å². The lowest BCUT2D eigenvalue weighted by atomic mass is 10.2. The van der Waals surface area contributed by atoms with Gasteiger partial charge >= 0.3 is 0 Å². The SMILES string of the molecule is COCCCNc1ccc(C(=O)Nc2ccc(Cl)cc2C)nn1. The van der Waals surface area contributed by atoms with Crippen molar-refractivity contribution in [3.63, 3.8) is 0 Å². The monoisotopic (exact) mass is 334 g/mol. The summed E-state index contributed by atoms with van der Waals surface area (Å²) < 4.78 is 4.97. The Morgan fingerprint density at radius 1 is 1.26 bits per heavy atom. The molecule has 0 aliphatic rings. The second kappa shape index (κ2) is 8.45. The van der Waals surface area contributed by atoms with Gasteiger partial charge in [-0.3, -0.25) is 4.79 Å². The first-order valence-corrected chi connectivity index (χ1v) is 7.62. The van der Waals surface area contributed by atoms with Crippen LogP contribution in [0.15, 0.2) is 30.3 Å². The fourth-order valence-electron chi connectivity index (χ4n) is 1.93.